The van der Waals surface area contributed by atoms with Crippen LogP contribution in [0.15, 0.2) is 0 Å². The third-order valence-corrected chi connectivity index (χ3v) is 0.288. The van der Waals surface area contributed by atoms with Crippen LogP contribution in [0.1, 0.15) is 6.92 Å². The zero-order valence-electron chi connectivity index (χ0n) is 3.31. The van der Waals surface area contributed by atoms with Gasteiger partial charge in [0.1, 0.15) is 0 Å². The molecule has 0 saturated heterocycles. The molecular formula is C4H8O. The molecule has 0 amide bonds. The first-order valence-electron chi connectivity index (χ1n) is 1.64. The molecule has 2 radical (unpaired) electrons. The lowest BCUT2D eigenvalue weighted by atomic mass is 10.2. The van der Waals surface area contributed by atoms with E-state index in [9.17, 15) is 0 Å². The van der Waals surface area contributed by atoms with Gasteiger partial charge in [0.2, 0.25) is 0 Å². The van der Waals surface area contributed by atoms with E-state index in [2.05, 4.69) is 0 Å². The van der Waals surface area contributed by atoms with Crippen LogP contribution < -0.4 is 0 Å². The molecule has 0 rings (SSSR count). The molecule has 0 aromatic carbocycles. The van der Waals surface area contributed by atoms with Gasteiger partial charge >= 0.3 is 0 Å². The number of hydrogen-bond acceptors (Lipinski definition) is 1. The molecule has 1 unspecified atom stereocenters. The number of rotatable bonds is 1. The van der Waals surface area contributed by atoms with E-state index in [-0.39, 0.29) is 12.5 Å². The molecule has 0 fully saturated rings. The summed E-state index contributed by atoms with van der Waals surface area (Å²) in [5.74, 6) is -0.0602. The number of hydrogen-bond donors (Lipinski definition) is 1. The molecule has 30 valence electrons. The fourth-order valence-electron chi connectivity index (χ4n) is 0. The third kappa shape index (κ3) is 3.96. The number of aliphatic hydroxyl groups excluding tert-OH is 1. The van der Waals surface area contributed by atoms with Crippen molar-refractivity contribution >= 4 is 0 Å². The SMILES string of the molecule is [CH]C(C)CO. The van der Waals surface area contributed by atoms with Gasteiger partial charge in [-0.15, -0.1) is 0 Å². The largest absolute Gasteiger partial charge is 0.396 e. The van der Waals surface area contributed by atoms with E-state index in [1.165, 1.54) is 0 Å². The molecule has 1 heteroatoms. The highest BCUT2D eigenvalue weighted by atomic mass is 16.3. The average molecular weight is 72.1 g/mol. The summed E-state index contributed by atoms with van der Waals surface area (Å²) in [6, 6.07) is 0. The van der Waals surface area contributed by atoms with Gasteiger partial charge in [-0.25, -0.2) is 0 Å². The minimum atomic E-state index is -0.0602. The van der Waals surface area contributed by atoms with Crippen molar-refractivity contribution < 1.29 is 5.11 Å². The molecule has 1 nitrogen and oxygen atoms in total. The molecule has 0 saturated carbocycles. The Morgan fingerprint density at radius 3 is 2.20 bits per heavy atom. The summed E-state index contributed by atoms with van der Waals surface area (Å²) < 4.78 is 0. The standard InChI is InChI=1S/C4H8O/c1-4(2)3-5/h1,4-5H,3H2,2H3. The van der Waals surface area contributed by atoms with Crippen LogP contribution in [0.5, 0.6) is 0 Å². The Morgan fingerprint density at radius 1 is 2.00 bits per heavy atom. The van der Waals surface area contributed by atoms with Gasteiger partial charge in [-0.05, 0) is 12.8 Å². The zero-order chi connectivity index (χ0) is 4.28. The quantitative estimate of drug-likeness (QED) is 0.473. The van der Waals surface area contributed by atoms with Gasteiger partial charge in [0.15, 0.2) is 0 Å². The molecule has 1 N–H and O–H groups in total. The van der Waals surface area contributed by atoms with Gasteiger partial charge in [-0.2, -0.15) is 0 Å². The monoisotopic (exact) mass is 72.1 g/mol. The van der Waals surface area contributed by atoms with E-state index in [4.69, 9.17) is 12.0 Å². The summed E-state index contributed by atoms with van der Waals surface area (Å²) in [6.45, 7) is 6.88. The van der Waals surface area contributed by atoms with Crippen LogP contribution in [0.4, 0.5) is 0 Å². The fourth-order valence-corrected chi connectivity index (χ4v) is 0. The summed E-state index contributed by atoms with van der Waals surface area (Å²) in [5, 5.41) is 8.02. The van der Waals surface area contributed by atoms with Gasteiger partial charge in [-0.3, -0.25) is 0 Å². The lowest BCUT2D eigenvalue weighted by molar-refractivity contribution is 0.261. The maximum absolute atomic E-state index is 8.02. The van der Waals surface area contributed by atoms with Crippen molar-refractivity contribution in [3.05, 3.63) is 6.92 Å². The molecule has 0 aliphatic rings. The van der Waals surface area contributed by atoms with Crippen molar-refractivity contribution in [2.75, 3.05) is 6.61 Å². The van der Waals surface area contributed by atoms with Crippen LogP contribution in [-0.2, 0) is 0 Å². The first kappa shape index (κ1) is 4.96. The average Bonchev–Trinajstić information content (AvgIpc) is 1.38. The Hall–Kier alpha value is -0.0400. The highest BCUT2D eigenvalue weighted by molar-refractivity contribution is 4.46. The summed E-state index contributed by atoms with van der Waals surface area (Å²) >= 11 is 0. The minimum Gasteiger partial charge on any atom is -0.396 e. The molecule has 0 aromatic heterocycles. The Balaban J connectivity index is 2.54. The highest BCUT2D eigenvalue weighted by Gasteiger charge is 1.82. The van der Waals surface area contributed by atoms with Crippen LogP contribution in [0.2, 0.25) is 0 Å². The molecule has 0 aliphatic carbocycles. The molecule has 0 aliphatic heterocycles. The van der Waals surface area contributed by atoms with Crippen LogP contribution >= 0.6 is 0 Å². The normalized spacial score (nSPS) is 9.60. The highest BCUT2D eigenvalue weighted by Crippen LogP contribution is 1.82. The Kier molecular flexibility index (Phi) is 2.19. The molecular weight excluding hydrogens is 64.0 g/mol. The minimum absolute atomic E-state index is 0.0602. The van der Waals surface area contributed by atoms with Crippen molar-refractivity contribution in [1.82, 2.24) is 0 Å². The predicted molar refractivity (Wildman–Crippen MR) is 20.5 cm³/mol. The summed E-state index contributed by atoms with van der Waals surface area (Å²) in [5.41, 5.74) is 0. The van der Waals surface area contributed by atoms with Gasteiger partial charge in [0, 0.05) is 6.61 Å². The Morgan fingerprint density at radius 2 is 2.20 bits per heavy atom. The van der Waals surface area contributed by atoms with Gasteiger partial charge in [0.25, 0.3) is 0 Å². The molecule has 0 spiro atoms. The smallest absolute Gasteiger partial charge is 0.0459 e. The second-order valence-corrected chi connectivity index (χ2v) is 1.16. The first-order chi connectivity index (χ1) is 2.27. The van der Waals surface area contributed by atoms with Crippen LogP contribution in [0, 0.1) is 12.8 Å². The van der Waals surface area contributed by atoms with Crippen molar-refractivity contribution in [2.45, 2.75) is 6.92 Å². The zero-order valence-corrected chi connectivity index (χ0v) is 3.31. The molecule has 0 aromatic rings. The molecule has 1 atom stereocenters. The molecule has 0 bridgehead atoms. The van der Waals surface area contributed by atoms with Crippen molar-refractivity contribution in [3.8, 4) is 0 Å². The van der Waals surface area contributed by atoms with E-state index in [0.717, 1.165) is 0 Å². The van der Waals surface area contributed by atoms with Gasteiger partial charge in [0.05, 0.1) is 0 Å². The van der Waals surface area contributed by atoms with Crippen molar-refractivity contribution in [1.29, 1.82) is 0 Å². The van der Waals surface area contributed by atoms with E-state index in [0.29, 0.717) is 0 Å². The topological polar surface area (TPSA) is 20.2 Å². The lowest BCUT2D eigenvalue weighted by Gasteiger charge is -1.89. The molecule has 0 heterocycles. The first-order valence-corrected chi connectivity index (χ1v) is 1.64. The summed E-state index contributed by atoms with van der Waals surface area (Å²) in [7, 11) is 0. The van der Waals surface area contributed by atoms with E-state index in [1.54, 1.807) is 6.92 Å². The summed E-state index contributed by atoms with van der Waals surface area (Å²) in [6.07, 6.45) is 0. The maximum atomic E-state index is 8.02. The second-order valence-electron chi connectivity index (χ2n) is 1.16. The van der Waals surface area contributed by atoms with Crippen LogP contribution in [0.3, 0.4) is 0 Å². The van der Waals surface area contributed by atoms with Gasteiger partial charge in [-0.1, -0.05) is 6.92 Å². The third-order valence-electron chi connectivity index (χ3n) is 0.288. The van der Waals surface area contributed by atoms with Gasteiger partial charge < -0.3 is 5.11 Å². The Bertz CT molecular complexity index is 17.6. The van der Waals surface area contributed by atoms with Crippen LogP contribution in [0.25, 0.3) is 0 Å². The van der Waals surface area contributed by atoms with E-state index >= 15 is 0 Å². The fraction of sp³-hybridized carbons (Fsp3) is 0.750. The molecule has 5 heavy (non-hydrogen) atoms. The van der Waals surface area contributed by atoms with Crippen LogP contribution in [-0.4, -0.2) is 11.7 Å². The predicted octanol–water partition coefficient (Wildman–Crippen LogP) is 0.326. The van der Waals surface area contributed by atoms with E-state index < -0.39 is 0 Å². The number of aliphatic hydroxyl groups is 1. The van der Waals surface area contributed by atoms with Crippen molar-refractivity contribution in [2.24, 2.45) is 5.92 Å². The summed E-state index contributed by atoms with van der Waals surface area (Å²) in [4.78, 5) is 0. The second kappa shape index (κ2) is 2.21. The maximum Gasteiger partial charge on any atom is 0.0459 e. The Labute approximate surface area is 32.6 Å². The lowest BCUT2D eigenvalue weighted by Crippen LogP contribution is -1.91. The van der Waals surface area contributed by atoms with Crippen molar-refractivity contribution in [3.63, 3.8) is 0 Å². The van der Waals surface area contributed by atoms with E-state index in [1.807, 2.05) is 0 Å².